The van der Waals surface area contributed by atoms with Crippen molar-refractivity contribution in [2.75, 3.05) is 4.31 Å². The van der Waals surface area contributed by atoms with E-state index in [2.05, 4.69) is 0 Å². The average molecular weight is 339 g/mol. The number of hydrogen-bond donors (Lipinski definition) is 0. The molecule has 0 saturated heterocycles. The summed E-state index contributed by atoms with van der Waals surface area (Å²) in [6.07, 6.45) is 0. The predicted molar refractivity (Wildman–Crippen MR) is 91.9 cm³/mol. The van der Waals surface area contributed by atoms with E-state index in [0.717, 1.165) is 5.56 Å². The van der Waals surface area contributed by atoms with Crippen LogP contribution in [0.25, 0.3) is 0 Å². The van der Waals surface area contributed by atoms with E-state index in [9.17, 15) is 13.7 Å². The third-order valence-corrected chi connectivity index (χ3v) is 5.53. The molecule has 0 saturated carbocycles. The summed E-state index contributed by atoms with van der Waals surface area (Å²) in [5.74, 6) is 0. The Kier molecular flexibility index (Phi) is 4.92. The summed E-state index contributed by atoms with van der Waals surface area (Å²) in [5.41, 5.74) is 1.69. The highest BCUT2D eigenvalue weighted by Crippen LogP contribution is 2.29. The van der Waals surface area contributed by atoms with Crippen molar-refractivity contribution in [2.24, 2.45) is 0 Å². The molecule has 2 aromatic carbocycles. The minimum absolute atomic E-state index is 0.151. The number of hydrogen-bond acceptors (Lipinski definition) is 4. The third kappa shape index (κ3) is 3.24. The minimum Gasteiger partial charge on any atom is -0.262 e. The molecule has 0 aliphatic rings. The van der Waals surface area contributed by atoms with Crippen molar-refractivity contribution in [1.29, 1.82) is 10.5 Å². The first kappa shape index (κ1) is 17.5. The van der Waals surface area contributed by atoms with Gasteiger partial charge in [0.15, 0.2) is 0 Å². The second-order valence-electron chi connectivity index (χ2n) is 5.66. The van der Waals surface area contributed by atoms with Crippen LogP contribution in [-0.4, -0.2) is 14.5 Å². The van der Waals surface area contributed by atoms with Crippen LogP contribution in [0.2, 0.25) is 0 Å². The molecular formula is C18H17N3O2S. The minimum atomic E-state index is -3.82. The molecule has 0 aromatic heterocycles. The number of rotatable bonds is 4. The zero-order valence-electron chi connectivity index (χ0n) is 13.7. The Morgan fingerprint density at radius 2 is 1.62 bits per heavy atom. The number of aryl methyl sites for hydroxylation is 1. The van der Waals surface area contributed by atoms with Crippen LogP contribution in [0.3, 0.4) is 0 Å². The van der Waals surface area contributed by atoms with E-state index >= 15 is 0 Å². The first-order valence-electron chi connectivity index (χ1n) is 7.36. The molecule has 0 atom stereocenters. The third-order valence-electron chi connectivity index (χ3n) is 3.53. The first-order valence-corrected chi connectivity index (χ1v) is 8.80. The van der Waals surface area contributed by atoms with E-state index in [-0.39, 0.29) is 16.1 Å². The van der Waals surface area contributed by atoms with Crippen LogP contribution in [0, 0.1) is 29.6 Å². The predicted octanol–water partition coefficient (Wildman–Crippen LogP) is 3.34. The Balaban J connectivity index is 2.65. The van der Waals surface area contributed by atoms with Crippen LogP contribution in [0.1, 0.15) is 30.5 Å². The lowest BCUT2D eigenvalue weighted by Crippen LogP contribution is -2.37. The van der Waals surface area contributed by atoms with Gasteiger partial charge in [0.2, 0.25) is 0 Å². The number of nitrogens with zero attached hydrogens (tertiary/aromatic N) is 3. The van der Waals surface area contributed by atoms with Gasteiger partial charge in [-0.2, -0.15) is 10.5 Å². The molecule has 24 heavy (non-hydrogen) atoms. The summed E-state index contributed by atoms with van der Waals surface area (Å²) < 4.78 is 27.3. The van der Waals surface area contributed by atoms with Gasteiger partial charge in [0, 0.05) is 6.04 Å². The quantitative estimate of drug-likeness (QED) is 0.855. The highest BCUT2D eigenvalue weighted by molar-refractivity contribution is 7.92. The Hall–Kier alpha value is -2.83. The standard InChI is InChI=1S/C18H17N3O2S/c1-13(2)21(18-9-6-15(11-19)10-16(18)12-20)24(22,23)17-7-4-14(3)5-8-17/h4-10,13H,1-3H3. The van der Waals surface area contributed by atoms with Gasteiger partial charge in [-0.3, -0.25) is 4.31 Å². The highest BCUT2D eigenvalue weighted by atomic mass is 32.2. The van der Waals surface area contributed by atoms with Gasteiger partial charge in [-0.05, 0) is 51.1 Å². The second kappa shape index (κ2) is 6.74. The molecule has 0 bridgehead atoms. The molecule has 0 aliphatic heterocycles. The summed E-state index contributed by atoms with van der Waals surface area (Å²) in [4.78, 5) is 0.162. The maximum absolute atomic E-state index is 13.1. The molecule has 0 N–H and O–H groups in total. The molecule has 0 aliphatic carbocycles. The monoisotopic (exact) mass is 339 g/mol. The number of nitriles is 2. The maximum Gasteiger partial charge on any atom is 0.264 e. The average Bonchev–Trinajstić information content (AvgIpc) is 2.55. The van der Waals surface area contributed by atoms with E-state index < -0.39 is 16.1 Å². The van der Waals surface area contributed by atoms with E-state index in [1.165, 1.54) is 22.5 Å². The molecule has 0 radical (unpaired) electrons. The van der Waals surface area contributed by atoms with Gasteiger partial charge in [0.1, 0.15) is 6.07 Å². The lowest BCUT2D eigenvalue weighted by molar-refractivity contribution is 0.584. The molecule has 0 heterocycles. The summed E-state index contributed by atoms with van der Waals surface area (Å²) in [7, 11) is -3.82. The second-order valence-corrected chi connectivity index (χ2v) is 7.48. The van der Waals surface area contributed by atoms with Gasteiger partial charge in [-0.25, -0.2) is 8.42 Å². The zero-order valence-corrected chi connectivity index (χ0v) is 14.5. The van der Waals surface area contributed by atoms with Gasteiger partial charge in [-0.1, -0.05) is 17.7 Å². The maximum atomic E-state index is 13.1. The van der Waals surface area contributed by atoms with Gasteiger partial charge in [0.25, 0.3) is 10.0 Å². The molecule has 0 fully saturated rings. The molecule has 2 rings (SSSR count). The summed E-state index contributed by atoms with van der Waals surface area (Å²) >= 11 is 0. The summed E-state index contributed by atoms with van der Waals surface area (Å²) in [6, 6.07) is 14.5. The Morgan fingerprint density at radius 3 is 2.12 bits per heavy atom. The summed E-state index contributed by atoms with van der Waals surface area (Å²) in [5, 5.41) is 18.3. The Morgan fingerprint density at radius 1 is 1.00 bits per heavy atom. The molecule has 5 nitrogen and oxygen atoms in total. The molecule has 122 valence electrons. The Bertz CT molecular complexity index is 934. The number of benzene rings is 2. The van der Waals surface area contributed by atoms with Crippen molar-refractivity contribution in [1.82, 2.24) is 0 Å². The lowest BCUT2D eigenvalue weighted by atomic mass is 10.1. The molecular weight excluding hydrogens is 322 g/mol. The number of sulfonamides is 1. The fourth-order valence-corrected chi connectivity index (χ4v) is 4.08. The lowest BCUT2D eigenvalue weighted by Gasteiger charge is -2.29. The van der Waals surface area contributed by atoms with Crippen molar-refractivity contribution in [3.05, 3.63) is 59.2 Å². The zero-order chi connectivity index (χ0) is 17.9. The van der Waals surface area contributed by atoms with Crippen LogP contribution in [0.15, 0.2) is 47.4 Å². The number of anilines is 1. The Labute approximate surface area is 142 Å². The fourth-order valence-electron chi connectivity index (χ4n) is 2.40. The van der Waals surface area contributed by atoms with Crippen molar-refractivity contribution in [2.45, 2.75) is 31.7 Å². The summed E-state index contributed by atoms with van der Waals surface area (Å²) in [6.45, 7) is 5.36. The van der Waals surface area contributed by atoms with Crippen LogP contribution >= 0.6 is 0 Å². The molecule has 0 unspecified atom stereocenters. The van der Waals surface area contributed by atoms with Gasteiger partial charge >= 0.3 is 0 Å². The van der Waals surface area contributed by atoms with E-state index in [4.69, 9.17) is 5.26 Å². The van der Waals surface area contributed by atoms with Crippen LogP contribution < -0.4 is 4.31 Å². The largest absolute Gasteiger partial charge is 0.264 e. The van der Waals surface area contributed by atoms with E-state index in [1.807, 2.05) is 19.1 Å². The van der Waals surface area contributed by atoms with Gasteiger partial charge in [-0.15, -0.1) is 0 Å². The highest BCUT2D eigenvalue weighted by Gasteiger charge is 2.29. The van der Waals surface area contributed by atoms with Crippen molar-refractivity contribution < 1.29 is 8.42 Å². The topological polar surface area (TPSA) is 85.0 Å². The normalized spacial score (nSPS) is 10.9. The van der Waals surface area contributed by atoms with Crippen LogP contribution in [0.5, 0.6) is 0 Å². The van der Waals surface area contributed by atoms with E-state index in [1.54, 1.807) is 38.1 Å². The first-order chi connectivity index (χ1) is 11.3. The fraction of sp³-hybridized carbons (Fsp3) is 0.222. The van der Waals surface area contributed by atoms with Crippen molar-refractivity contribution in [3.8, 4) is 12.1 Å². The molecule has 0 amide bonds. The molecule has 2 aromatic rings. The van der Waals surface area contributed by atoms with Crippen molar-refractivity contribution in [3.63, 3.8) is 0 Å². The van der Waals surface area contributed by atoms with Crippen LogP contribution in [0.4, 0.5) is 5.69 Å². The van der Waals surface area contributed by atoms with Crippen LogP contribution in [-0.2, 0) is 10.0 Å². The SMILES string of the molecule is Cc1ccc(S(=O)(=O)N(c2ccc(C#N)cc2C#N)C(C)C)cc1. The smallest absolute Gasteiger partial charge is 0.262 e. The van der Waals surface area contributed by atoms with Crippen molar-refractivity contribution >= 4 is 15.7 Å². The molecule has 0 spiro atoms. The molecule has 6 heteroatoms. The van der Waals surface area contributed by atoms with Gasteiger partial charge < -0.3 is 0 Å². The van der Waals surface area contributed by atoms with Gasteiger partial charge in [0.05, 0.1) is 27.8 Å². The van der Waals surface area contributed by atoms with E-state index in [0.29, 0.717) is 5.56 Å².